The van der Waals surface area contributed by atoms with Gasteiger partial charge in [-0.3, -0.25) is 0 Å². The molecule has 1 N–H and O–H groups in total. The van der Waals surface area contributed by atoms with Gasteiger partial charge in [0.2, 0.25) is 0 Å². The molecular weight excluding hydrogens is 338 g/mol. The number of halogens is 2. The number of benzene rings is 2. The Morgan fingerprint density at radius 3 is 2.55 bits per heavy atom. The first-order chi connectivity index (χ1) is 9.54. The largest absolute Gasteiger partial charge is 0.457 e. The first-order valence-electron chi connectivity index (χ1n) is 6.50. The maximum Gasteiger partial charge on any atom is 0.128 e. The molecule has 0 unspecified atom stereocenters. The van der Waals surface area contributed by atoms with Crippen LogP contribution in [0, 0.1) is 0 Å². The van der Waals surface area contributed by atoms with Crippen LogP contribution >= 0.6 is 27.5 Å². The Morgan fingerprint density at radius 1 is 1.15 bits per heavy atom. The second-order valence-electron chi connectivity index (χ2n) is 4.85. The topological polar surface area (TPSA) is 21.3 Å². The standard InChI is InChI=1S/C16H17BrClNO/c1-11(2)19-10-12-6-7-15(9-16(12)18)20-14-5-3-4-13(17)8-14/h3-9,11,19H,10H2,1-2H3. The second kappa shape index (κ2) is 7.11. The van der Waals surface area contributed by atoms with Gasteiger partial charge < -0.3 is 10.1 Å². The van der Waals surface area contributed by atoms with E-state index in [0.29, 0.717) is 11.1 Å². The van der Waals surface area contributed by atoms with E-state index in [-0.39, 0.29) is 0 Å². The molecule has 0 saturated carbocycles. The average Bonchev–Trinajstić information content (AvgIpc) is 2.37. The minimum Gasteiger partial charge on any atom is -0.457 e. The molecule has 0 radical (unpaired) electrons. The Balaban J connectivity index is 2.09. The van der Waals surface area contributed by atoms with Gasteiger partial charge in [-0.25, -0.2) is 0 Å². The van der Waals surface area contributed by atoms with Crippen LogP contribution in [0.15, 0.2) is 46.9 Å². The number of nitrogens with one attached hydrogen (secondary N) is 1. The van der Waals surface area contributed by atoms with Crippen LogP contribution < -0.4 is 10.1 Å². The Hall–Kier alpha value is -1.03. The van der Waals surface area contributed by atoms with Crippen molar-refractivity contribution in [2.75, 3.05) is 0 Å². The number of ether oxygens (including phenoxy) is 1. The van der Waals surface area contributed by atoms with E-state index >= 15 is 0 Å². The molecule has 2 aromatic carbocycles. The zero-order chi connectivity index (χ0) is 14.5. The van der Waals surface area contributed by atoms with E-state index in [4.69, 9.17) is 16.3 Å². The molecule has 2 nitrogen and oxygen atoms in total. The summed E-state index contributed by atoms with van der Waals surface area (Å²) in [6, 6.07) is 13.9. The Kier molecular flexibility index (Phi) is 5.46. The van der Waals surface area contributed by atoms with E-state index in [9.17, 15) is 0 Å². The van der Waals surface area contributed by atoms with Crippen LogP contribution in [0.2, 0.25) is 5.02 Å². The van der Waals surface area contributed by atoms with Crippen molar-refractivity contribution >= 4 is 27.5 Å². The normalized spacial score (nSPS) is 10.8. The zero-order valence-electron chi connectivity index (χ0n) is 11.5. The molecule has 106 valence electrons. The highest BCUT2D eigenvalue weighted by Gasteiger charge is 2.05. The molecule has 0 aliphatic rings. The predicted octanol–water partition coefficient (Wildman–Crippen LogP) is 5.39. The molecule has 0 saturated heterocycles. The first-order valence-corrected chi connectivity index (χ1v) is 7.67. The number of hydrogen-bond acceptors (Lipinski definition) is 2. The van der Waals surface area contributed by atoms with Crippen molar-refractivity contribution in [3.05, 3.63) is 57.5 Å². The summed E-state index contributed by atoms with van der Waals surface area (Å²) in [6.07, 6.45) is 0. The molecule has 0 atom stereocenters. The first kappa shape index (κ1) is 15.4. The summed E-state index contributed by atoms with van der Waals surface area (Å²) in [5.74, 6) is 1.52. The minimum absolute atomic E-state index is 0.434. The monoisotopic (exact) mass is 353 g/mol. The van der Waals surface area contributed by atoms with E-state index in [1.807, 2.05) is 42.5 Å². The Morgan fingerprint density at radius 2 is 1.90 bits per heavy atom. The van der Waals surface area contributed by atoms with Gasteiger partial charge in [-0.05, 0) is 35.9 Å². The van der Waals surface area contributed by atoms with Crippen LogP contribution in [-0.2, 0) is 6.54 Å². The predicted molar refractivity (Wildman–Crippen MR) is 87.6 cm³/mol. The van der Waals surface area contributed by atoms with Gasteiger partial charge in [-0.15, -0.1) is 0 Å². The molecule has 0 bridgehead atoms. The van der Waals surface area contributed by atoms with Crippen molar-refractivity contribution < 1.29 is 4.74 Å². The van der Waals surface area contributed by atoms with Gasteiger partial charge in [-0.1, -0.05) is 53.5 Å². The van der Waals surface area contributed by atoms with E-state index in [0.717, 1.165) is 28.1 Å². The molecule has 0 heterocycles. The maximum atomic E-state index is 6.28. The third-order valence-corrected chi connectivity index (χ3v) is 3.60. The van der Waals surface area contributed by atoms with E-state index in [1.54, 1.807) is 0 Å². The summed E-state index contributed by atoms with van der Waals surface area (Å²) in [5, 5.41) is 4.06. The summed E-state index contributed by atoms with van der Waals surface area (Å²) in [7, 11) is 0. The fraction of sp³-hybridized carbons (Fsp3) is 0.250. The summed E-state index contributed by atoms with van der Waals surface area (Å²) >= 11 is 9.70. The maximum absolute atomic E-state index is 6.28. The molecule has 0 fully saturated rings. The molecule has 0 amide bonds. The summed E-state index contributed by atoms with van der Waals surface area (Å²) in [4.78, 5) is 0. The summed E-state index contributed by atoms with van der Waals surface area (Å²) in [5.41, 5.74) is 1.07. The highest BCUT2D eigenvalue weighted by Crippen LogP contribution is 2.28. The lowest BCUT2D eigenvalue weighted by molar-refractivity contribution is 0.482. The Bertz CT molecular complexity index is 586. The van der Waals surface area contributed by atoms with Crippen LogP contribution in [0.4, 0.5) is 0 Å². The molecule has 0 spiro atoms. The van der Waals surface area contributed by atoms with E-state index < -0.39 is 0 Å². The Labute approximate surface area is 133 Å². The average molecular weight is 355 g/mol. The highest BCUT2D eigenvalue weighted by atomic mass is 79.9. The second-order valence-corrected chi connectivity index (χ2v) is 6.17. The van der Waals surface area contributed by atoms with Crippen LogP contribution in [0.1, 0.15) is 19.4 Å². The SMILES string of the molecule is CC(C)NCc1ccc(Oc2cccc(Br)c2)cc1Cl. The third-order valence-electron chi connectivity index (χ3n) is 2.76. The third kappa shape index (κ3) is 4.51. The lowest BCUT2D eigenvalue weighted by Crippen LogP contribution is -2.21. The molecule has 0 aromatic heterocycles. The van der Waals surface area contributed by atoms with Gasteiger partial charge in [0.15, 0.2) is 0 Å². The van der Waals surface area contributed by atoms with E-state index in [2.05, 4.69) is 35.1 Å². The van der Waals surface area contributed by atoms with Gasteiger partial charge in [0.1, 0.15) is 11.5 Å². The smallest absolute Gasteiger partial charge is 0.128 e. The van der Waals surface area contributed by atoms with Crippen LogP contribution in [0.5, 0.6) is 11.5 Å². The lowest BCUT2D eigenvalue weighted by atomic mass is 10.2. The van der Waals surface area contributed by atoms with Crippen molar-refractivity contribution in [1.29, 1.82) is 0 Å². The van der Waals surface area contributed by atoms with Crippen LogP contribution in [0.3, 0.4) is 0 Å². The zero-order valence-corrected chi connectivity index (χ0v) is 13.8. The molecule has 0 aliphatic carbocycles. The van der Waals surface area contributed by atoms with Gasteiger partial charge in [-0.2, -0.15) is 0 Å². The van der Waals surface area contributed by atoms with Crippen molar-refractivity contribution in [3.8, 4) is 11.5 Å². The fourth-order valence-electron chi connectivity index (χ4n) is 1.72. The summed E-state index contributed by atoms with van der Waals surface area (Å²) in [6.45, 7) is 4.98. The van der Waals surface area contributed by atoms with Gasteiger partial charge in [0.25, 0.3) is 0 Å². The fourth-order valence-corrected chi connectivity index (χ4v) is 2.33. The van der Waals surface area contributed by atoms with Gasteiger partial charge in [0, 0.05) is 22.1 Å². The van der Waals surface area contributed by atoms with Crippen molar-refractivity contribution in [2.45, 2.75) is 26.4 Å². The van der Waals surface area contributed by atoms with Crippen molar-refractivity contribution in [2.24, 2.45) is 0 Å². The quantitative estimate of drug-likeness (QED) is 0.777. The number of hydrogen-bond donors (Lipinski definition) is 1. The molecule has 20 heavy (non-hydrogen) atoms. The van der Waals surface area contributed by atoms with Crippen molar-refractivity contribution in [3.63, 3.8) is 0 Å². The number of rotatable bonds is 5. The van der Waals surface area contributed by atoms with E-state index in [1.165, 1.54) is 0 Å². The van der Waals surface area contributed by atoms with Gasteiger partial charge >= 0.3 is 0 Å². The molecule has 0 aliphatic heterocycles. The molecule has 2 aromatic rings. The van der Waals surface area contributed by atoms with Crippen molar-refractivity contribution in [1.82, 2.24) is 5.32 Å². The van der Waals surface area contributed by atoms with Crippen LogP contribution in [0.25, 0.3) is 0 Å². The lowest BCUT2D eigenvalue weighted by Gasteiger charge is -2.11. The summed E-state index contributed by atoms with van der Waals surface area (Å²) < 4.78 is 6.77. The highest BCUT2D eigenvalue weighted by molar-refractivity contribution is 9.10. The van der Waals surface area contributed by atoms with Crippen LogP contribution in [-0.4, -0.2) is 6.04 Å². The minimum atomic E-state index is 0.434. The molecule has 4 heteroatoms. The molecular formula is C16H17BrClNO. The molecule has 2 rings (SSSR count). The van der Waals surface area contributed by atoms with Gasteiger partial charge in [0.05, 0.1) is 0 Å².